The van der Waals surface area contributed by atoms with Gasteiger partial charge in [-0.05, 0) is 0 Å². The molecule has 58 valence electrons. The van der Waals surface area contributed by atoms with Crippen molar-refractivity contribution in [1.82, 2.24) is 0 Å². The van der Waals surface area contributed by atoms with Crippen LogP contribution in [-0.2, 0) is 14.0 Å². The Morgan fingerprint density at radius 3 is 1.33 bits per heavy atom. The normalized spacial score (nSPS) is 12.7. The van der Waals surface area contributed by atoms with Gasteiger partial charge in [0.2, 0.25) is 0 Å². The summed E-state index contributed by atoms with van der Waals surface area (Å²) in [5.41, 5.74) is 0. The standard InChI is InChI=1S/2CHO2.2ClH.Pt/c2*2-1-3;;;/h2*(H,2,3);2*1H;/q;;;;+2/p-2. The van der Waals surface area contributed by atoms with Crippen molar-refractivity contribution in [2.45, 2.75) is 0 Å². The van der Waals surface area contributed by atoms with Crippen LogP contribution in [0.2, 0.25) is 0 Å². The summed E-state index contributed by atoms with van der Waals surface area (Å²) < 4.78 is -3.23. The van der Waals surface area contributed by atoms with Crippen molar-refractivity contribution >= 4 is 27.6 Å². The van der Waals surface area contributed by atoms with Gasteiger partial charge in [0.25, 0.3) is 0 Å². The Bertz CT molecular complexity index is 139. The van der Waals surface area contributed by atoms with Crippen molar-refractivity contribution in [1.29, 1.82) is 0 Å². The molecule has 0 aromatic carbocycles. The molecule has 4 nitrogen and oxygen atoms in total. The second-order valence-electron chi connectivity index (χ2n) is 0.816. The maximum absolute atomic E-state index is 9.90. The predicted molar refractivity (Wildman–Crippen MR) is 27.8 cm³/mol. The molecule has 9 heavy (non-hydrogen) atoms. The third-order valence-corrected chi connectivity index (χ3v) is 6.13. The maximum atomic E-state index is 9.90. The van der Waals surface area contributed by atoms with Crippen molar-refractivity contribution in [3.63, 3.8) is 0 Å². The van der Waals surface area contributed by atoms with Gasteiger partial charge in [-0.3, -0.25) is 0 Å². The van der Waals surface area contributed by atoms with Crippen LogP contribution in [0.25, 0.3) is 0 Å². The Kier molecular flexibility index (Phi) is 2.93. The average molecular weight is 356 g/mol. The summed E-state index contributed by atoms with van der Waals surface area (Å²) in [6, 6.07) is 0. The van der Waals surface area contributed by atoms with Gasteiger partial charge < -0.3 is 0 Å². The fourth-order valence-electron chi connectivity index (χ4n) is 0.0579. The summed E-state index contributed by atoms with van der Waals surface area (Å²) in [4.78, 5) is 19.8. The zero-order chi connectivity index (χ0) is 7.65. The number of carboxylic acid groups (broad SMARTS) is 2. The van der Waals surface area contributed by atoms with Gasteiger partial charge in [-0.25, -0.2) is 0 Å². The van der Waals surface area contributed by atoms with E-state index in [0.29, 0.717) is 0 Å². The molecule has 0 aliphatic carbocycles. The van der Waals surface area contributed by atoms with E-state index in [2.05, 4.69) is 0 Å². The van der Waals surface area contributed by atoms with Crippen LogP contribution >= 0.6 is 18.8 Å². The number of carbonyl (C=O) groups is 2. The summed E-state index contributed by atoms with van der Waals surface area (Å²) in [7, 11) is 9.91. The second-order valence-corrected chi connectivity index (χ2v) is 12.2. The van der Waals surface area contributed by atoms with E-state index in [1.54, 1.807) is 0 Å². The zero-order valence-corrected chi connectivity index (χ0v) is 7.57. The molecule has 0 spiro atoms. The molecular weight excluding hydrogens is 354 g/mol. The molecule has 0 radical (unpaired) electrons. The Morgan fingerprint density at radius 1 is 1.11 bits per heavy atom. The van der Waals surface area contributed by atoms with E-state index < -0.39 is 22.7 Å². The quantitative estimate of drug-likeness (QED) is 0.792. The summed E-state index contributed by atoms with van der Waals surface area (Å²) in [5.74, 6) is 0. The van der Waals surface area contributed by atoms with E-state index in [1.165, 1.54) is 0 Å². The zero-order valence-electron chi connectivity index (χ0n) is 3.78. The number of hydrogen-bond donors (Lipinski definition) is 2. The molecule has 0 atom stereocenters. The first-order chi connectivity index (χ1) is 3.89. The van der Waals surface area contributed by atoms with Crippen LogP contribution < -0.4 is 0 Å². The van der Waals surface area contributed by atoms with Crippen LogP contribution in [0.15, 0.2) is 0 Å². The summed E-state index contributed by atoms with van der Waals surface area (Å²) in [5, 5.41) is 16.1. The molecule has 0 saturated heterocycles. The van der Waals surface area contributed by atoms with Crippen LogP contribution in [0.1, 0.15) is 0 Å². The van der Waals surface area contributed by atoms with Gasteiger partial charge in [-0.15, -0.1) is 0 Å². The molecule has 0 amide bonds. The summed E-state index contributed by atoms with van der Waals surface area (Å²) in [6.07, 6.45) is 0. The third kappa shape index (κ3) is 2.12. The Labute approximate surface area is 61.4 Å². The van der Waals surface area contributed by atoms with Gasteiger partial charge in [0.15, 0.2) is 0 Å². The molecule has 0 aromatic heterocycles. The first-order valence-electron chi connectivity index (χ1n) is 1.41. The first kappa shape index (κ1) is 9.21. The summed E-state index contributed by atoms with van der Waals surface area (Å²) >= 11 is -4.49. The number of halogens is 2. The number of hydrogen-bond acceptors (Lipinski definition) is 2. The van der Waals surface area contributed by atoms with E-state index in [9.17, 15) is 9.59 Å². The minimum absolute atomic E-state index is 1.61. The fourth-order valence-corrected chi connectivity index (χ4v) is 0.474. The van der Waals surface area contributed by atoms with Crippen LogP contribution in [0.5, 0.6) is 0 Å². The molecule has 0 aliphatic rings. The molecule has 7 heteroatoms. The minimum atomic E-state index is -4.49. The van der Waals surface area contributed by atoms with E-state index in [4.69, 9.17) is 29.0 Å². The molecule has 2 N–H and O–H groups in total. The van der Waals surface area contributed by atoms with Gasteiger partial charge in [0.1, 0.15) is 0 Å². The van der Waals surface area contributed by atoms with Gasteiger partial charge >= 0.3 is 61.3 Å². The van der Waals surface area contributed by atoms with Crippen LogP contribution in [0.4, 0.5) is 9.59 Å². The predicted octanol–water partition coefficient (Wildman–Crippen LogP) is 1.80. The SMILES string of the molecule is O=[C](O)[Pt]([Cl])([Cl])[C](=O)O. The monoisotopic (exact) mass is 355 g/mol. The van der Waals surface area contributed by atoms with E-state index in [0.717, 1.165) is 0 Å². The molecule has 0 rings (SSSR count). The summed E-state index contributed by atoms with van der Waals surface area (Å²) in [6.45, 7) is 0. The van der Waals surface area contributed by atoms with Crippen molar-refractivity contribution in [3.8, 4) is 0 Å². The van der Waals surface area contributed by atoms with E-state index >= 15 is 0 Å². The van der Waals surface area contributed by atoms with Crippen LogP contribution in [0, 0.1) is 0 Å². The van der Waals surface area contributed by atoms with Crippen molar-refractivity contribution in [3.05, 3.63) is 0 Å². The topological polar surface area (TPSA) is 74.6 Å². The third-order valence-electron chi connectivity index (χ3n) is 0.340. The van der Waals surface area contributed by atoms with Gasteiger partial charge in [-0.2, -0.15) is 0 Å². The van der Waals surface area contributed by atoms with Gasteiger partial charge in [0, 0.05) is 0 Å². The molecule has 0 unspecified atom stereocenters. The number of rotatable bonds is 2. The molecule has 0 aliphatic heterocycles. The Morgan fingerprint density at radius 2 is 1.33 bits per heavy atom. The van der Waals surface area contributed by atoms with Gasteiger partial charge in [-0.1, -0.05) is 0 Å². The molecule has 0 saturated carbocycles. The Balaban J connectivity index is 4.38. The average Bonchev–Trinajstić information content (AvgIpc) is 1.65. The molecule has 0 heterocycles. The second kappa shape index (κ2) is 2.86. The molecule has 0 bridgehead atoms. The van der Waals surface area contributed by atoms with Crippen molar-refractivity contribution in [2.75, 3.05) is 0 Å². The van der Waals surface area contributed by atoms with Crippen molar-refractivity contribution in [2.24, 2.45) is 0 Å². The Hall–Kier alpha value is 0.208. The van der Waals surface area contributed by atoms with Crippen LogP contribution in [0.3, 0.4) is 0 Å². The molecular formula is C2H2Cl2O4Pt. The van der Waals surface area contributed by atoms with Crippen LogP contribution in [-0.4, -0.2) is 18.9 Å². The van der Waals surface area contributed by atoms with E-state index in [1.807, 2.05) is 0 Å². The fraction of sp³-hybridized carbons (Fsp3) is 0. The van der Waals surface area contributed by atoms with Crippen molar-refractivity contribution < 1.29 is 33.8 Å². The molecule has 0 aromatic rings. The van der Waals surface area contributed by atoms with Gasteiger partial charge in [0.05, 0.1) is 0 Å². The van der Waals surface area contributed by atoms with E-state index in [-0.39, 0.29) is 0 Å². The first-order valence-corrected chi connectivity index (χ1v) is 9.31. The molecule has 0 fully saturated rings.